The van der Waals surface area contributed by atoms with Gasteiger partial charge in [0.25, 0.3) is 12.3 Å². The number of hydrogen-bond donors (Lipinski definition) is 2. The first kappa shape index (κ1) is 29.2. The lowest BCUT2D eigenvalue weighted by Gasteiger charge is -2.17. The number of ether oxygens (including phenoxy) is 3. The summed E-state index contributed by atoms with van der Waals surface area (Å²) in [7, 11) is 3.05. The van der Waals surface area contributed by atoms with Gasteiger partial charge in [-0.25, -0.2) is 13.8 Å². The third-order valence-electron chi connectivity index (χ3n) is 6.54. The second-order valence-electron chi connectivity index (χ2n) is 9.54. The second kappa shape index (κ2) is 12.7. The van der Waals surface area contributed by atoms with E-state index in [1.165, 1.54) is 27.2 Å². The average molecular weight is 590 g/mol. The van der Waals surface area contributed by atoms with Crippen molar-refractivity contribution in [1.82, 2.24) is 30.0 Å². The SMILES string of the molecule is COc1ccc(CNC(=O)c2ccc(-n3cnc4cc(Nc5ccc(C)nn5)ccc43)nc2OC(C)C(F)F)c(OC)c1. The maximum absolute atomic E-state index is 13.5. The first-order chi connectivity index (χ1) is 20.7. The Labute approximate surface area is 245 Å². The summed E-state index contributed by atoms with van der Waals surface area (Å²) in [6, 6.07) is 17.4. The molecule has 0 aliphatic carbocycles. The summed E-state index contributed by atoms with van der Waals surface area (Å²) in [5, 5.41) is 14.1. The lowest BCUT2D eigenvalue weighted by Crippen LogP contribution is -2.27. The van der Waals surface area contributed by atoms with Gasteiger partial charge in [-0.05, 0) is 68.4 Å². The van der Waals surface area contributed by atoms with Gasteiger partial charge in [0, 0.05) is 23.9 Å². The van der Waals surface area contributed by atoms with Crippen molar-refractivity contribution in [3.8, 4) is 23.2 Å². The molecule has 0 saturated heterocycles. The van der Waals surface area contributed by atoms with Crippen LogP contribution in [0.1, 0.15) is 28.5 Å². The predicted octanol–water partition coefficient (Wildman–Crippen LogP) is 5.24. The summed E-state index contributed by atoms with van der Waals surface area (Å²) in [6.45, 7) is 3.17. The Hall–Kier alpha value is -5.33. The van der Waals surface area contributed by atoms with Crippen LogP contribution in [0.4, 0.5) is 20.3 Å². The molecule has 0 bridgehead atoms. The molecule has 2 aromatic carbocycles. The quantitative estimate of drug-likeness (QED) is 0.213. The fraction of sp³-hybridized carbons (Fsp3) is 0.233. The molecule has 2 N–H and O–H groups in total. The number of aryl methyl sites for hydroxylation is 1. The van der Waals surface area contributed by atoms with Gasteiger partial charge >= 0.3 is 0 Å². The zero-order valence-corrected chi connectivity index (χ0v) is 23.8. The van der Waals surface area contributed by atoms with Crippen LogP contribution in [0.25, 0.3) is 16.9 Å². The van der Waals surface area contributed by atoms with Crippen LogP contribution < -0.4 is 24.8 Å². The molecule has 5 aromatic rings. The smallest absolute Gasteiger partial charge is 0.274 e. The van der Waals surface area contributed by atoms with Gasteiger partial charge in [0.15, 0.2) is 11.9 Å². The van der Waals surface area contributed by atoms with Gasteiger partial charge in [0.2, 0.25) is 5.88 Å². The lowest BCUT2D eigenvalue weighted by atomic mass is 10.1. The van der Waals surface area contributed by atoms with Gasteiger partial charge < -0.3 is 24.8 Å². The Bertz CT molecular complexity index is 1750. The van der Waals surface area contributed by atoms with Crippen molar-refractivity contribution < 1.29 is 27.8 Å². The van der Waals surface area contributed by atoms with Crippen molar-refractivity contribution in [2.24, 2.45) is 0 Å². The number of hydrogen-bond acceptors (Lipinski definition) is 9. The van der Waals surface area contributed by atoms with E-state index in [1.807, 2.05) is 37.3 Å². The number of nitrogens with zero attached hydrogens (tertiary/aromatic N) is 5. The number of alkyl halides is 2. The fourth-order valence-electron chi connectivity index (χ4n) is 4.21. The van der Waals surface area contributed by atoms with Crippen LogP contribution in [0.3, 0.4) is 0 Å². The van der Waals surface area contributed by atoms with E-state index in [4.69, 9.17) is 14.2 Å². The Morgan fingerprint density at radius 3 is 2.56 bits per heavy atom. The molecule has 0 saturated carbocycles. The van der Waals surface area contributed by atoms with Crippen molar-refractivity contribution in [1.29, 1.82) is 0 Å². The number of carbonyl (C=O) groups is 1. The zero-order valence-electron chi connectivity index (χ0n) is 23.8. The maximum atomic E-state index is 13.5. The van der Waals surface area contributed by atoms with E-state index in [9.17, 15) is 13.6 Å². The van der Waals surface area contributed by atoms with Gasteiger partial charge in [-0.15, -0.1) is 5.10 Å². The van der Waals surface area contributed by atoms with Gasteiger partial charge in [0.05, 0.1) is 30.9 Å². The van der Waals surface area contributed by atoms with E-state index < -0.39 is 18.4 Å². The highest BCUT2D eigenvalue weighted by molar-refractivity contribution is 5.96. The number of imidazole rings is 1. The van der Waals surface area contributed by atoms with Gasteiger partial charge in [-0.1, -0.05) is 0 Å². The van der Waals surface area contributed by atoms with Crippen molar-refractivity contribution in [3.05, 3.63) is 83.8 Å². The van der Waals surface area contributed by atoms with E-state index in [0.29, 0.717) is 39.7 Å². The molecule has 1 unspecified atom stereocenters. The van der Waals surface area contributed by atoms with E-state index in [1.54, 1.807) is 35.2 Å². The molecule has 5 rings (SSSR count). The lowest BCUT2D eigenvalue weighted by molar-refractivity contribution is 0.0195. The number of fused-ring (bicyclic) bond motifs is 1. The number of benzene rings is 2. The molecule has 1 amide bonds. The molecular weight excluding hydrogens is 560 g/mol. The largest absolute Gasteiger partial charge is 0.497 e. The second-order valence-corrected chi connectivity index (χ2v) is 9.54. The van der Waals surface area contributed by atoms with Crippen LogP contribution in [0.15, 0.2) is 67.0 Å². The molecule has 1 atom stereocenters. The number of anilines is 2. The minimum absolute atomic E-state index is 0.00107. The standard InChI is InChI=1S/C30H29F2N7O4/c1-17-5-11-26(38-37-17)35-20-7-10-24-23(13-20)34-16-39(24)27-12-9-22(30(36-27)43-18(2)28(31)32)29(40)33-15-19-6-8-21(41-3)14-25(19)42-4/h5-14,16,18,28H,15H2,1-4H3,(H,33,40)(H,35,38). The number of halogens is 2. The normalized spacial score (nSPS) is 11.8. The third kappa shape index (κ3) is 6.61. The molecule has 0 spiro atoms. The minimum atomic E-state index is -2.79. The Kier molecular flexibility index (Phi) is 8.60. The fourth-order valence-corrected chi connectivity index (χ4v) is 4.21. The van der Waals surface area contributed by atoms with Crippen LogP contribution >= 0.6 is 0 Å². The number of methoxy groups -OCH3 is 2. The van der Waals surface area contributed by atoms with E-state index in [2.05, 4.69) is 30.8 Å². The topological polar surface area (TPSA) is 125 Å². The summed E-state index contributed by atoms with van der Waals surface area (Å²) in [5.74, 6) is 1.25. The number of carbonyl (C=O) groups excluding carboxylic acids is 1. The Morgan fingerprint density at radius 1 is 1.00 bits per heavy atom. The number of rotatable bonds is 11. The third-order valence-corrected chi connectivity index (χ3v) is 6.54. The van der Waals surface area contributed by atoms with Gasteiger partial charge in [-0.3, -0.25) is 9.36 Å². The number of pyridine rings is 1. The van der Waals surface area contributed by atoms with Gasteiger partial charge in [0.1, 0.15) is 29.2 Å². The summed E-state index contributed by atoms with van der Waals surface area (Å²) < 4.78 is 44.7. The van der Waals surface area contributed by atoms with Crippen LogP contribution in [-0.4, -0.2) is 57.4 Å². The summed E-state index contributed by atoms with van der Waals surface area (Å²) >= 11 is 0. The molecule has 3 heterocycles. The molecule has 0 aliphatic heterocycles. The van der Waals surface area contributed by atoms with Gasteiger partial charge in [-0.2, -0.15) is 10.1 Å². The first-order valence-electron chi connectivity index (χ1n) is 13.3. The molecule has 11 nitrogen and oxygen atoms in total. The molecule has 3 aromatic heterocycles. The monoisotopic (exact) mass is 589 g/mol. The Balaban J connectivity index is 1.41. The molecule has 13 heteroatoms. The van der Waals surface area contributed by atoms with Crippen LogP contribution in [0.5, 0.6) is 17.4 Å². The number of nitrogens with one attached hydrogen (secondary N) is 2. The predicted molar refractivity (Wildman–Crippen MR) is 156 cm³/mol. The summed E-state index contributed by atoms with van der Waals surface area (Å²) in [4.78, 5) is 22.1. The van der Waals surface area contributed by atoms with E-state index in [0.717, 1.165) is 11.4 Å². The summed E-state index contributed by atoms with van der Waals surface area (Å²) in [6.07, 6.45) is -2.74. The first-order valence-corrected chi connectivity index (χ1v) is 13.3. The zero-order chi connectivity index (χ0) is 30.5. The van der Waals surface area contributed by atoms with E-state index >= 15 is 0 Å². The maximum Gasteiger partial charge on any atom is 0.274 e. The number of aromatic nitrogens is 5. The van der Waals surface area contributed by atoms with Crippen LogP contribution in [0.2, 0.25) is 0 Å². The van der Waals surface area contributed by atoms with E-state index in [-0.39, 0.29) is 18.0 Å². The minimum Gasteiger partial charge on any atom is -0.497 e. The summed E-state index contributed by atoms with van der Waals surface area (Å²) in [5.41, 5.74) is 3.59. The number of amides is 1. The molecule has 0 aliphatic rings. The highest BCUT2D eigenvalue weighted by Crippen LogP contribution is 2.27. The highest BCUT2D eigenvalue weighted by Gasteiger charge is 2.23. The molecular formula is C30H29F2N7O4. The van der Waals surface area contributed by atoms with Crippen molar-refractivity contribution >= 4 is 28.4 Å². The van der Waals surface area contributed by atoms with Crippen LogP contribution in [-0.2, 0) is 6.54 Å². The molecule has 222 valence electrons. The molecule has 0 fully saturated rings. The highest BCUT2D eigenvalue weighted by atomic mass is 19.3. The molecule has 43 heavy (non-hydrogen) atoms. The average Bonchev–Trinajstić information content (AvgIpc) is 3.44. The van der Waals surface area contributed by atoms with Crippen molar-refractivity contribution in [2.75, 3.05) is 19.5 Å². The van der Waals surface area contributed by atoms with Crippen LogP contribution in [0, 0.1) is 6.92 Å². The van der Waals surface area contributed by atoms with Crippen molar-refractivity contribution in [2.45, 2.75) is 32.9 Å². The van der Waals surface area contributed by atoms with Crippen molar-refractivity contribution in [3.63, 3.8) is 0 Å². The Morgan fingerprint density at radius 2 is 1.84 bits per heavy atom. The molecule has 0 radical (unpaired) electrons.